The fourth-order valence-electron chi connectivity index (χ4n) is 15.1. The number of aryl methyl sites for hydroxylation is 4. The van der Waals surface area contributed by atoms with Crippen LogP contribution in [-0.4, -0.2) is 39.5 Å². The van der Waals surface area contributed by atoms with E-state index >= 15 is 0 Å². The molecule has 17 aromatic rings. The van der Waals surface area contributed by atoms with Crippen molar-refractivity contribution in [2.45, 2.75) is 147 Å². The van der Waals surface area contributed by atoms with Gasteiger partial charge < -0.3 is 42.9 Å². The summed E-state index contributed by atoms with van der Waals surface area (Å²) in [6, 6.07) is 137. The Labute approximate surface area is 719 Å². The third-order valence-electron chi connectivity index (χ3n) is 20.5. The number of ether oxygens (including phenoxy) is 3. The second-order valence-electron chi connectivity index (χ2n) is 32.1. The molecule has 0 unspecified atom stereocenters. The zero-order chi connectivity index (χ0) is 85.3. The number of rotatable bonds is 20. The van der Waals surface area contributed by atoms with Crippen molar-refractivity contribution < 1.29 is 14.2 Å². The minimum atomic E-state index is 0.177. The van der Waals surface area contributed by atoms with Gasteiger partial charge in [-0.2, -0.15) is 0 Å². The normalized spacial score (nSPS) is 10.9. The molecule has 0 bridgehead atoms. The van der Waals surface area contributed by atoms with Crippen LogP contribution in [0.15, 0.2) is 388 Å². The number of nitrogens with zero attached hydrogens (tertiary/aromatic N) is 6. The van der Waals surface area contributed by atoms with Crippen LogP contribution in [0, 0.1) is 27.7 Å². The number of benzene rings is 15. The monoisotopic (exact) mass is 1590 g/mol. The molecule has 0 aliphatic rings. The van der Waals surface area contributed by atoms with E-state index in [9.17, 15) is 0 Å². The Kier molecular flexibility index (Phi) is 30.3. The highest BCUT2D eigenvalue weighted by Crippen LogP contribution is 2.40. The molecule has 0 saturated heterocycles. The van der Waals surface area contributed by atoms with Gasteiger partial charge in [-0.3, -0.25) is 0 Å². The van der Waals surface area contributed by atoms with Gasteiger partial charge in [-0.05, 0) is 305 Å². The molecule has 0 saturated carbocycles. The maximum absolute atomic E-state index is 5.77. The van der Waals surface area contributed by atoms with Crippen LogP contribution < -0.4 is 33.8 Å². The van der Waals surface area contributed by atoms with Crippen LogP contribution in [-0.2, 0) is 0 Å². The average Bonchev–Trinajstić information content (AvgIpc) is 1.61. The van der Waals surface area contributed by atoms with E-state index in [1.807, 2.05) is 102 Å². The van der Waals surface area contributed by atoms with Gasteiger partial charge >= 0.3 is 0 Å². The lowest BCUT2D eigenvalue weighted by Gasteiger charge is -2.29. The van der Waals surface area contributed by atoms with E-state index < -0.39 is 0 Å². The second-order valence-corrected chi connectivity index (χ2v) is 32.1. The molecule has 2 heterocycles. The van der Waals surface area contributed by atoms with Crippen LogP contribution in [0.25, 0.3) is 49.3 Å². The zero-order valence-corrected chi connectivity index (χ0v) is 73.3. The van der Waals surface area contributed by atoms with E-state index in [2.05, 4.69) is 426 Å². The van der Waals surface area contributed by atoms with Crippen molar-refractivity contribution in [1.82, 2.24) is 9.13 Å². The van der Waals surface area contributed by atoms with E-state index in [1.54, 1.807) is 0 Å². The van der Waals surface area contributed by atoms with Gasteiger partial charge in [0.1, 0.15) is 17.2 Å². The molecule has 9 nitrogen and oxygen atoms in total. The summed E-state index contributed by atoms with van der Waals surface area (Å²) in [7, 11) is 0. The van der Waals surface area contributed by atoms with Crippen molar-refractivity contribution in [3.05, 3.63) is 411 Å². The summed E-state index contributed by atoms with van der Waals surface area (Å²) in [5.41, 5.74) is 23.1. The Hall–Kier alpha value is -13.5. The van der Waals surface area contributed by atoms with Crippen LogP contribution in [0.5, 0.6) is 17.2 Å². The number of aromatic nitrogens is 2. The first-order valence-corrected chi connectivity index (χ1v) is 42.6. The summed E-state index contributed by atoms with van der Waals surface area (Å²) in [4.78, 5) is 9.19. The molecule has 9 heteroatoms. The highest BCUT2D eigenvalue weighted by molar-refractivity contribution is 6.10. The molecule has 17 rings (SSSR count). The second kappa shape index (κ2) is 42.2. The van der Waals surface area contributed by atoms with Gasteiger partial charge in [0.05, 0.1) is 29.3 Å². The minimum Gasteiger partial charge on any atom is -0.491 e. The van der Waals surface area contributed by atoms with E-state index in [4.69, 9.17) is 14.2 Å². The molecule has 121 heavy (non-hydrogen) atoms. The Morgan fingerprint density at radius 1 is 0.207 bits per heavy atom. The number of para-hydroxylation sites is 8. The van der Waals surface area contributed by atoms with Gasteiger partial charge in [0.15, 0.2) is 0 Å². The Morgan fingerprint density at radius 2 is 0.413 bits per heavy atom. The van der Waals surface area contributed by atoms with Crippen molar-refractivity contribution in [3.8, 4) is 22.9 Å². The summed E-state index contributed by atoms with van der Waals surface area (Å²) in [5, 5.41) is 5.27. The van der Waals surface area contributed by atoms with Gasteiger partial charge in [0.2, 0.25) is 0 Å². The first-order valence-electron chi connectivity index (χ1n) is 42.6. The first kappa shape index (κ1) is 86.8. The van der Waals surface area contributed by atoms with Gasteiger partial charge in [-0.15, -0.1) is 0 Å². The molecule has 614 valence electrons. The third-order valence-corrected chi connectivity index (χ3v) is 20.5. The topological polar surface area (TPSA) is 50.5 Å². The fourth-order valence-corrected chi connectivity index (χ4v) is 15.1. The molecular formula is C112H118N6O3. The summed E-state index contributed by atoms with van der Waals surface area (Å²) in [6.07, 6.45) is 0.547. The number of anilines is 10. The summed E-state index contributed by atoms with van der Waals surface area (Å²) >= 11 is 0. The molecule has 2 aromatic heterocycles. The standard InChI is InChI=1S/C23H25NO.C21H19NO.C21H21NO.C17H21N.C15H15N.C15H17N/c1-17(2)25-23-15-13-22(14-16-23)24(20-9-5-18(3)6-10-20)21-11-7-19(4)8-12-21;1-15(2)23-17-13-11-16(12-14-17)22-20-9-5-3-7-18(20)19-8-4-6-10-21(19)22;1-17(2)23-21-15-13-20(14-16-21)22(18-9-5-3-6-10-18)19-11-7-4-8-12-19;1-13(2)18(16-9-5-14(3)6-10-16)17-11-7-15(4)8-12-17;1-11(2)16-14-9-5-3-7-12(14)13-8-4-6-10-15(13)16;1-13(2)16(14-9-5-3-6-10-14)15-11-7-4-8-12-15/h5-17H,1-4H3;3-15H,1-2H3;3-17H,1-2H3;5-13H,1-4H3;3-11H,1-2H3;3-13H,1-2H3. The predicted octanol–water partition coefficient (Wildman–Crippen LogP) is 31.5. The van der Waals surface area contributed by atoms with Gasteiger partial charge in [0, 0.05) is 113 Å². The molecule has 0 N–H and O–H groups in total. The predicted molar refractivity (Wildman–Crippen MR) is 519 cm³/mol. The summed E-state index contributed by atoms with van der Waals surface area (Å²) < 4.78 is 22.0. The van der Waals surface area contributed by atoms with Crippen LogP contribution in [0.4, 0.5) is 56.9 Å². The maximum Gasteiger partial charge on any atom is 0.119 e. The van der Waals surface area contributed by atoms with Crippen LogP contribution in [0.1, 0.15) is 111 Å². The summed E-state index contributed by atoms with van der Waals surface area (Å²) in [6.45, 7) is 34.0. The highest BCUT2D eigenvalue weighted by atomic mass is 16.5. The smallest absolute Gasteiger partial charge is 0.119 e. The Balaban J connectivity index is 0.000000134. The van der Waals surface area contributed by atoms with E-state index in [0.29, 0.717) is 18.1 Å². The molecule has 0 aliphatic heterocycles. The van der Waals surface area contributed by atoms with Crippen molar-refractivity contribution in [1.29, 1.82) is 0 Å². The molecule has 0 spiro atoms. The number of fused-ring (bicyclic) bond motifs is 6. The maximum atomic E-state index is 5.77. The first-order chi connectivity index (χ1) is 58.7. The van der Waals surface area contributed by atoms with Gasteiger partial charge in [-0.25, -0.2) is 0 Å². The van der Waals surface area contributed by atoms with Crippen LogP contribution in [0.3, 0.4) is 0 Å². The van der Waals surface area contributed by atoms with Crippen LogP contribution in [0.2, 0.25) is 0 Å². The zero-order valence-electron chi connectivity index (χ0n) is 73.3. The van der Waals surface area contributed by atoms with Crippen molar-refractivity contribution in [3.63, 3.8) is 0 Å². The number of hydrogen-bond donors (Lipinski definition) is 0. The molecular weight excluding hydrogens is 1480 g/mol. The minimum absolute atomic E-state index is 0.177. The lowest BCUT2D eigenvalue weighted by atomic mass is 10.1. The number of hydrogen-bond acceptors (Lipinski definition) is 7. The van der Waals surface area contributed by atoms with Crippen molar-refractivity contribution >= 4 is 100 Å². The molecule has 0 fully saturated rings. The molecule has 0 atom stereocenters. The Morgan fingerprint density at radius 3 is 0.678 bits per heavy atom. The third kappa shape index (κ3) is 23.1. The quantitative estimate of drug-likeness (QED) is 0.0754. The molecule has 0 aliphatic carbocycles. The van der Waals surface area contributed by atoms with Crippen LogP contribution >= 0.6 is 0 Å². The Bertz CT molecular complexity index is 5670. The summed E-state index contributed by atoms with van der Waals surface area (Å²) in [5.74, 6) is 2.70. The molecule has 0 amide bonds. The largest absolute Gasteiger partial charge is 0.491 e. The van der Waals surface area contributed by atoms with E-state index in [1.165, 1.54) is 88.6 Å². The van der Waals surface area contributed by atoms with Crippen molar-refractivity contribution in [2.24, 2.45) is 0 Å². The van der Waals surface area contributed by atoms with E-state index in [0.717, 1.165) is 57.1 Å². The SMILES string of the molecule is CC(C)N(c1ccccc1)c1ccccc1.CC(C)Oc1ccc(-n2c3ccccc3c3ccccc32)cc1.CC(C)Oc1ccc(N(c2ccccc2)c2ccccc2)cc1.CC(C)n1c2ccccc2c2ccccc21.Cc1ccc(N(c2ccc(C)cc2)C(C)C)cc1.Cc1ccc(N(c2ccc(C)cc2)c2ccc(OC(C)C)cc2)cc1. The molecule has 15 aromatic carbocycles. The van der Waals surface area contributed by atoms with Crippen molar-refractivity contribution in [2.75, 3.05) is 19.6 Å². The fraction of sp³-hybridized carbons (Fsp3) is 0.196. The van der Waals surface area contributed by atoms with E-state index in [-0.39, 0.29) is 18.3 Å². The highest BCUT2D eigenvalue weighted by Gasteiger charge is 2.19. The van der Waals surface area contributed by atoms with Gasteiger partial charge in [0.25, 0.3) is 0 Å². The average molecular weight is 1600 g/mol. The van der Waals surface area contributed by atoms with Gasteiger partial charge in [-0.1, -0.05) is 216 Å². The lowest BCUT2D eigenvalue weighted by Crippen LogP contribution is -2.25. The molecule has 0 radical (unpaired) electrons. The lowest BCUT2D eigenvalue weighted by molar-refractivity contribution is 0.242.